The van der Waals surface area contributed by atoms with E-state index < -0.39 is 6.29 Å². The molecule has 36 heavy (non-hydrogen) atoms. The van der Waals surface area contributed by atoms with Crippen LogP contribution in [0.2, 0.25) is 0 Å². The van der Waals surface area contributed by atoms with Crippen LogP contribution in [-0.2, 0) is 10.8 Å². The molecule has 2 aromatic rings. The Morgan fingerprint density at radius 2 is 1.00 bits per heavy atom. The summed E-state index contributed by atoms with van der Waals surface area (Å²) < 4.78 is 10.6. The first kappa shape index (κ1) is 32.0. The molecule has 1 unspecified atom stereocenters. The molecule has 0 aliphatic carbocycles. The lowest BCUT2D eigenvalue weighted by atomic mass is 9.72. The van der Waals surface area contributed by atoms with Crippen LogP contribution in [0.5, 0.6) is 11.5 Å². The van der Waals surface area contributed by atoms with Gasteiger partial charge in [-0.2, -0.15) is 0 Å². The molecule has 0 amide bonds. The fourth-order valence-corrected chi connectivity index (χ4v) is 5.20. The lowest BCUT2D eigenvalue weighted by Crippen LogP contribution is -2.24. The second-order valence-electron chi connectivity index (χ2n) is 13.6. The van der Waals surface area contributed by atoms with Crippen LogP contribution in [0.3, 0.4) is 0 Å². The molecule has 0 saturated carbocycles. The van der Waals surface area contributed by atoms with E-state index in [1.165, 1.54) is 11.1 Å². The van der Waals surface area contributed by atoms with Crippen LogP contribution >= 0.6 is 0 Å². The molecule has 0 heterocycles. The highest BCUT2D eigenvalue weighted by molar-refractivity contribution is 5.32. The number of aliphatic hydroxyl groups is 2. The summed E-state index contributed by atoms with van der Waals surface area (Å²) in [4.78, 5) is 0. The maximum atomic E-state index is 9.17. The summed E-state index contributed by atoms with van der Waals surface area (Å²) >= 11 is 0. The van der Waals surface area contributed by atoms with Crippen LogP contribution in [0.15, 0.2) is 48.5 Å². The van der Waals surface area contributed by atoms with Gasteiger partial charge in [-0.15, -0.1) is 0 Å². The van der Waals surface area contributed by atoms with Gasteiger partial charge >= 0.3 is 0 Å². The Balaban J connectivity index is 0.000000360. The number of aliphatic hydroxyl groups excluding tert-OH is 2. The molecular weight excluding hydrogens is 448 g/mol. The van der Waals surface area contributed by atoms with Gasteiger partial charge in [0.15, 0.2) is 6.29 Å². The first-order valence-electron chi connectivity index (χ1n) is 13.1. The average Bonchev–Trinajstić information content (AvgIpc) is 2.69. The van der Waals surface area contributed by atoms with Gasteiger partial charge in [-0.1, -0.05) is 93.5 Å². The molecule has 0 bridgehead atoms. The van der Waals surface area contributed by atoms with Crippen molar-refractivity contribution in [1.82, 2.24) is 0 Å². The maximum Gasteiger partial charge on any atom is 0.194 e. The van der Waals surface area contributed by atoms with E-state index in [4.69, 9.17) is 19.7 Å². The van der Waals surface area contributed by atoms with E-state index >= 15 is 0 Å². The molecule has 4 heteroatoms. The van der Waals surface area contributed by atoms with Gasteiger partial charge in [0, 0.05) is 0 Å². The van der Waals surface area contributed by atoms with Gasteiger partial charge in [0.05, 0.1) is 6.61 Å². The zero-order valence-electron chi connectivity index (χ0n) is 24.7. The van der Waals surface area contributed by atoms with Crippen LogP contribution in [0, 0.1) is 10.8 Å². The van der Waals surface area contributed by atoms with Crippen molar-refractivity contribution < 1.29 is 19.7 Å². The third kappa shape index (κ3) is 12.3. The molecule has 0 spiro atoms. The van der Waals surface area contributed by atoms with Gasteiger partial charge in [0.25, 0.3) is 0 Å². The Hall–Kier alpha value is -2.04. The molecular formula is C32H52O4. The zero-order valence-corrected chi connectivity index (χ0v) is 24.7. The summed E-state index contributed by atoms with van der Waals surface area (Å²) in [5.41, 5.74) is 3.55. The van der Waals surface area contributed by atoms with Crippen molar-refractivity contribution in [1.29, 1.82) is 0 Å². The van der Waals surface area contributed by atoms with Crippen molar-refractivity contribution in [3.63, 3.8) is 0 Å². The first-order chi connectivity index (χ1) is 16.3. The second kappa shape index (κ2) is 13.0. The lowest BCUT2D eigenvalue weighted by molar-refractivity contribution is -0.000315. The highest BCUT2D eigenvalue weighted by Gasteiger charge is 2.28. The summed E-state index contributed by atoms with van der Waals surface area (Å²) in [6, 6.07) is 16.2. The molecule has 0 fully saturated rings. The fourth-order valence-electron chi connectivity index (χ4n) is 5.20. The summed E-state index contributed by atoms with van der Waals surface area (Å²) in [7, 11) is 0. The molecule has 2 N–H and O–H groups in total. The molecule has 204 valence electrons. The summed E-state index contributed by atoms with van der Waals surface area (Å²) in [5, 5.41) is 17.9. The van der Waals surface area contributed by atoms with Gasteiger partial charge < -0.3 is 19.7 Å². The lowest BCUT2D eigenvalue weighted by Gasteiger charge is -2.33. The molecule has 0 aromatic heterocycles. The number of ether oxygens (including phenoxy) is 2. The van der Waals surface area contributed by atoms with E-state index in [1.54, 1.807) is 6.92 Å². The smallest absolute Gasteiger partial charge is 0.194 e. The van der Waals surface area contributed by atoms with Crippen LogP contribution in [0.25, 0.3) is 0 Å². The Labute approximate surface area is 221 Å². The Bertz CT molecular complexity index is 880. The van der Waals surface area contributed by atoms with Crippen LogP contribution < -0.4 is 9.47 Å². The van der Waals surface area contributed by atoms with Gasteiger partial charge in [0.2, 0.25) is 0 Å². The van der Waals surface area contributed by atoms with E-state index in [1.807, 2.05) is 24.3 Å². The summed E-state index contributed by atoms with van der Waals surface area (Å²) in [6.45, 7) is 24.7. The third-order valence-electron chi connectivity index (χ3n) is 5.88. The van der Waals surface area contributed by atoms with E-state index in [-0.39, 0.29) is 17.4 Å². The number of hydrogen-bond donors (Lipinski definition) is 2. The second-order valence-corrected chi connectivity index (χ2v) is 13.6. The van der Waals surface area contributed by atoms with Crippen LogP contribution in [0.1, 0.15) is 100 Å². The van der Waals surface area contributed by atoms with Gasteiger partial charge in [0.1, 0.15) is 18.1 Å². The van der Waals surface area contributed by atoms with Crippen molar-refractivity contribution >= 4 is 0 Å². The van der Waals surface area contributed by atoms with E-state index in [0.29, 0.717) is 23.2 Å². The standard InChI is InChI=1S/2C16H26O2/c1-12(17)18-14-9-7-13(8-10-14)16(5,6)11-15(2,3)4;1-15(2,3)12-16(4,5)13-6-8-14(9-7-13)18-11-10-17/h7-10,12,17H,11H2,1-6H3;6-9,17H,10-12H2,1-5H3. The molecule has 0 aliphatic rings. The molecule has 2 rings (SSSR count). The maximum absolute atomic E-state index is 9.17. The number of hydrogen-bond acceptors (Lipinski definition) is 4. The average molecular weight is 501 g/mol. The van der Waals surface area contributed by atoms with Crippen LogP contribution in [-0.4, -0.2) is 29.7 Å². The minimum atomic E-state index is -0.765. The first-order valence-corrected chi connectivity index (χ1v) is 13.1. The number of benzene rings is 2. The van der Waals surface area contributed by atoms with Crippen molar-refractivity contribution in [2.24, 2.45) is 10.8 Å². The van der Waals surface area contributed by atoms with E-state index in [9.17, 15) is 0 Å². The van der Waals surface area contributed by atoms with Gasteiger partial charge in [-0.3, -0.25) is 0 Å². The van der Waals surface area contributed by atoms with Crippen molar-refractivity contribution in [3.8, 4) is 11.5 Å². The SMILES string of the molecule is CC(C)(C)CC(C)(C)c1ccc(OCCO)cc1.CC(O)Oc1ccc(C(C)(C)CC(C)(C)C)cc1. The quantitative estimate of drug-likeness (QED) is 0.344. The molecule has 4 nitrogen and oxygen atoms in total. The highest BCUT2D eigenvalue weighted by Crippen LogP contribution is 2.37. The largest absolute Gasteiger partial charge is 0.491 e. The summed E-state index contributed by atoms with van der Waals surface area (Å²) in [5.74, 6) is 1.53. The van der Waals surface area contributed by atoms with Crippen molar-refractivity contribution in [2.75, 3.05) is 13.2 Å². The third-order valence-corrected chi connectivity index (χ3v) is 5.88. The molecule has 0 radical (unpaired) electrons. The Kier molecular flexibility index (Phi) is 11.5. The van der Waals surface area contributed by atoms with Gasteiger partial charge in [-0.05, 0) is 76.8 Å². The Morgan fingerprint density at radius 1 is 0.639 bits per heavy atom. The predicted octanol–water partition coefficient (Wildman–Crippen LogP) is 7.89. The zero-order chi connectivity index (χ0) is 27.8. The molecule has 1 atom stereocenters. The van der Waals surface area contributed by atoms with Crippen molar-refractivity contribution in [2.45, 2.75) is 106 Å². The monoisotopic (exact) mass is 500 g/mol. The highest BCUT2D eigenvalue weighted by atomic mass is 16.6. The molecule has 0 saturated heterocycles. The predicted molar refractivity (Wildman–Crippen MR) is 152 cm³/mol. The topological polar surface area (TPSA) is 58.9 Å². The minimum absolute atomic E-state index is 0.0528. The van der Waals surface area contributed by atoms with E-state index in [2.05, 4.69) is 93.5 Å². The van der Waals surface area contributed by atoms with Crippen molar-refractivity contribution in [3.05, 3.63) is 59.7 Å². The normalized spacial score (nSPS) is 13.5. The Morgan fingerprint density at radius 3 is 1.31 bits per heavy atom. The van der Waals surface area contributed by atoms with Gasteiger partial charge in [-0.25, -0.2) is 0 Å². The molecule has 2 aromatic carbocycles. The number of rotatable bonds is 9. The summed E-state index contributed by atoms with van der Waals surface area (Å²) in [6.07, 6.45) is 1.49. The van der Waals surface area contributed by atoms with Crippen LogP contribution in [0.4, 0.5) is 0 Å². The van der Waals surface area contributed by atoms with E-state index in [0.717, 1.165) is 18.6 Å². The fraction of sp³-hybridized carbons (Fsp3) is 0.625. The molecule has 0 aliphatic heterocycles. The minimum Gasteiger partial charge on any atom is -0.491 e.